The number of aliphatic imine (C=N–C) groups is 2. The van der Waals surface area contributed by atoms with E-state index in [1.807, 2.05) is 0 Å². The van der Waals surface area contributed by atoms with Crippen molar-refractivity contribution >= 4 is 34.2 Å². The van der Waals surface area contributed by atoms with Gasteiger partial charge in [0.2, 0.25) is 0 Å². The average molecular weight is 553 g/mol. The van der Waals surface area contributed by atoms with Crippen LogP contribution in [0.2, 0.25) is 0 Å². The molecule has 4 aromatic rings. The maximum Gasteiger partial charge on any atom is 0.0894 e. The van der Waals surface area contributed by atoms with Gasteiger partial charge in [-0.3, -0.25) is 0 Å². The molecule has 2 N–H and O–H groups in total. The fourth-order valence-electron chi connectivity index (χ4n) is 5.25. The number of hydrogen-bond acceptors (Lipinski definition) is 4. The van der Waals surface area contributed by atoms with Crippen LogP contribution in [-0.4, -0.2) is 11.4 Å². The summed E-state index contributed by atoms with van der Waals surface area (Å²) in [4.78, 5) is 10.5. The van der Waals surface area contributed by atoms with Crippen molar-refractivity contribution in [2.75, 3.05) is 10.6 Å². The molecule has 212 valence electrons. The second kappa shape index (κ2) is 13.8. The largest absolute Gasteiger partial charge is 0.353 e. The molecule has 0 radical (unpaired) electrons. The number of nitrogens with one attached hydrogen (secondary N) is 2. The second-order valence-corrected chi connectivity index (χ2v) is 10.3. The van der Waals surface area contributed by atoms with Gasteiger partial charge in [-0.1, -0.05) is 100 Å². The number of aryl methyl sites for hydroxylation is 4. The van der Waals surface area contributed by atoms with E-state index in [1.54, 1.807) is 0 Å². The summed E-state index contributed by atoms with van der Waals surface area (Å²) in [5.41, 5.74) is 12.6. The Morgan fingerprint density at radius 2 is 0.762 bits per heavy atom. The highest BCUT2D eigenvalue weighted by Gasteiger charge is 2.21. The third-order valence-electron chi connectivity index (χ3n) is 7.68. The van der Waals surface area contributed by atoms with Gasteiger partial charge in [0.25, 0.3) is 0 Å². The van der Waals surface area contributed by atoms with Gasteiger partial charge >= 0.3 is 0 Å². The molecule has 0 saturated carbocycles. The summed E-state index contributed by atoms with van der Waals surface area (Å²) in [6.45, 7) is 8.72. The van der Waals surface area contributed by atoms with Crippen molar-refractivity contribution in [3.05, 3.63) is 143 Å². The molecular weight excluding hydrogens is 512 g/mol. The fraction of sp³-hybridized carbons (Fsp3) is 0.211. The Hall–Kier alpha value is -4.70. The maximum atomic E-state index is 5.25. The van der Waals surface area contributed by atoms with Gasteiger partial charge in [-0.15, -0.1) is 0 Å². The van der Waals surface area contributed by atoms with Crippen molar-refractivity contribution in [2.45, 2.75) is 53.4 Å². The Bertz CT molecular complexity index is 1550. The van der Waals surface area contributed by atoms with E-state index in [9.17, 15) is 0 Å². The number of benzene rings is 4. The van der Waals surface area contributed by atoms with Crippen LogP contribution in [0.1, 0.15) is 49.9 Å². The zero-order valence-electron chi connectivity index (χ0n) is 25.1. The van der Waals surface area contributed by atoms with Crippen LogP contribution < -0.4 is 10.6 Å². The topological polar surface area (TPSA) is 48.8 Å². The molecule has 0 unspecified atom stereocenters. The van der Waals surface area contributed by atoms with E-state index >= 15 is 0 Å². The molecule has 0 aromatic heterocycles. The van der Waals surface area contributed by atoms with Crippen molar-refractivity contribution in [1.82, 2.24) is 0 Å². The summed E-state index contributed by atoms with van der Waals surface area (Å²) in [5.74, 6) is 0. The minimum atomic E-state index is 0.862. The van der Waals surface area contributed by atoms with Gasteiger partial charge in [0, 0.05) is 11.4 Å². The van der Waals surface area contributed by atoms with Gasteiger partial charge in [0.05, 0.1) is 34.2 Å². The van der Waals surface area contributed by atoms with Crippen molar-refractivity contribution < 1.29 is 0 Å². The molecule has 4 heteroatoms. The first-order chi connectivity index (χ1) is 20.6. The number of anilines is 2. The van der Waals surface area contributed by atoms with Gasteiger partial charge < -0.3 is 10.6 Å². The predicted octanol–water partition coefficient (Wildman–Crippen LogP) is 9.79. The van der Waals surface area contributed by atoms with E-state index in [0.29, 0.717) is 0 Å². The minimum Gasteiger partial charge on any atom is -0.353 e. The fourth-order valence-corrected chi connectivity index (χ4v) is 5.25. The number of hydrogen-bond donors (Lipinski definition) is 2. The molecular formula is C38H40N4. The highest BCUT2D eigenvalue weighted by atomic mass is 15.0. The van der Waals surface area contributed by atoms with E-state index < -0.39 is 0 Å². The van der Waals surface area contributed by atoms with Crippen molar-refractivity contribution in [3.8, 4) is 0 Å². The Morgan fingerprint density at radius 1 is 0.429 bits per heavy atom. The van der Waals surface area contributed by atoms with Crippen LogP contribution in [0, 0.1) is 0 Å². The quantitative estimate of drug-likeness (QED) is 0.192. The normalized spacial score (nSPS) is 15.0. The minimum absolute atomic E-state index is 0.862. The first-order valence-electron chi connectivity index (χ1n) is 15.1. The van der Waals surface area contributed by atoms with Gasteiger partial charge in [0.1, 0.15) is 0 Å². The SMILES string of the molecule is CCc1ccccc1N=C1C=C(Nc2ccccc2CC)C(=Nc2ccccc2CC)C=C1Nc1ccccc1CC. The predicted molar refractivity (Wildman–Crippen MR) is 181 cm³/mol. The monoisotopic (exact) mass is 552 g/mol. The summed E-state index contributed by atoms with van der Waals surface area (Å²) in [6, 6.07) is 33.7. The molecule has 0 bridgehead atoms. The Morgan fingerprint density at radius 3 is 1.14 bits per heavy atom. The number of rotatable bonds is 10. The van der Waals surface area contributed by atoms with Crippen LogP contribution in [-0.2, 0) is 25.7 Å². The van der Waals surface area contributed by atoms with Gasteiger partial charge in [-0.25, -0.2) is 9.98 Å². The number of allylic oxidation sites excluding steroid dienone is 2. The van der Waals surface area contributed by atoms with Crippen LogP contribution in [0.15, 0.2) is 131 Å². The van der Waals surface area contributed by atoms with E-state index in [1.165, 1.54) is 22.3 Å². The Labute approximate surface area is 250 Å². The molecule has 0 saturated heterocycles. The van der Waals surface area contributed by atoms with Gasteiger partial charge in [-0.05, 0) is 84.4 Å². The van der Waals surface area contributed by atoms with Crippen LogP contribution in [0.3, 0.4) is 0 Å². The summed E-state index contributed by atoms with van der Waals surface area (Å²) in [7, 11) is 0. The molecule has 42 heavy (non-hydrogen) atoms. The molecule has 0 aliphatic heterocycles. The smallest absolute Gasteiger partial charge is 0.0894 e. The zero-order chi connectivity index (χ0) is 29.3. The molecule has 1 aliphatic rings. The highest BCUT2D eigenvalue weighted by molar-refractivity contribution is 6.26. The summed E-state index contributed by atoms with van der Waals surface area (Å²) in [6.07, 6.45) is 7.98. The third kappa shape index (κ3) is 6.60. The van der Waals surface area contributed by atoms with Crippen molar-refractivity contribution in [3.63, 3.8) is 0 Å². The summed E-state index contributed by atoms with van der Waals surface area (Å²) < 4.78 is 0. The van der Waals surface area contributed by atoms with Gasteiger partial charge in [-0.2, -0.15) is 0 Å². The lowest BCUT2D eigenvalue weighted by Crippen LogP contribution is -2.23. The maximum absolute atomic E-state index is 5.25. The van der Waals surface area contributed by atoms with E-state index in [-0.39, 0.29) is 0 Å². The number of para-hydroxylation sites is 4. The standard InChI is InChI=1S/C38H40N4/c1-5-27-17-9-13-21-31(27)39-35-25-37(41-33-23-15-11-19-29(33)7-3)38(42-34-24-16-12-20-30(34)8-4)26-36(35)40-32-22-14-10-18-28(32)6-2/h9-26,39,42H,5-8H2,1-4H3. The zero-order valence-corrected chi connectivity index (χ0v) is 25.1. The third-order valence-corrected chi connectivity index (χ3v) is 7.68. The highest BCUT2D eigenvalue weighted by Crippen LogP contribution is 2.29. The van der Waals surface area contributed by atoms with E-state index in [4.69, 9.17) is 9.98 Å². The van der Waals surface area contributed by atoms with Crippen LogP contribution in [0.5, 0.6) is 0 Å². The molecule has 5 rings (SSSR count). The van der Waals surface area contributed by atoms with E-state index in [0.717, 1.165) is 71.3 Å². The molecule has 0 amide bonds. The van der Waals surface area contributed by atoms with Crippen molar-refractivity contribution in [1.29, 1.82) is 0 Å². The molecule has 4 aromatic carbocycles. The molecule has 0 atom stereocenters. The first kappa shape index (κ1) is 28.8. The van der Waals surface area contributed by atoms with Gasteiger partial charge in [0.15, 0.2) is 0 Å². The summed E-state index contributed by atoms with van der Waals surface area (Å²) in [5, 5.41) is 7.47. The van der Waals surface area contributed by atoms with Crippen molar-refractivity contribution in [2.24, 2.45) is 9.98 Å². The molecule has 0 spiro atoms. The molecule has 4 nitrogen and oxygen atoms in total. The Balaban J connectivity index is 1.70. The average Bonchev–Trinajstić information content (AvgIpc) is 3.04. The first-order valence-corrected chi connectivity index (χ1v) is 15.1. The molecule has 0 heterocycles. The lowest BCUT2D eigenvalue weighted by atomic mass is 10.0. The molecule has 1 aliphatic carbocycles. The van der Waals surface area contributed by atoms with Crippen LogP contribution >= 0.6 is 0 Å². The Kier molecular flexibility index (Phi) is 9.45. The van der Waals surface area contributed by atoms with Crippen LogP contribution in [0.4, 0.5) is 22.7 Å². The van der Waals surface area contributed by atoms with E-state index in [2.05, 4.69) is 148 Å². The number of nitrogens with zero attached hydrogens (tertiary/aromatic N) is 2. The lowest BCUT2D eigenvalue weighted by molar-refractivity contribution is 1.13. The molecule has 0 fully saturated rings. The summed E-state index contributed by atoms with van der Waals surface area (Å²) >= 11 is 0. The lowest BCUT2D eigenvalue weighted by Gasteiger charge is -2.23. The second-order valence-electron chi connectivity index (χ2n) is 10.3. The van der Waals surface area contributed by atoms with Crippen LogP contribution in [0.25, 0.3) is 0 Å².